The van der Waals surface area contributed by atoms with E-state index in [-0.39, 0.29) is 0 Å². The Balaban J connectivity index is 1.94. The van der Waals surface area contributed by atoms with Crippen molar-refractivity contribution in [3.8, 4) is 16.2 Å². The quantitative estimate of drug-likeness (QED) is 0.505. The van der Waals surface area contributed by atoms with Crippen molar-refractivity contribution in [3.63, 3.8) is 0 Å². The summed E-state index contributed by atoms with van der Waals surface area (Å²) in [5, 5.41) is 0.844. The first kappa shape index (κ1) is 15.4. The molecule has 0 amide bonds. The van der Waals surface area contributed by atoms with Crippen LogP contribution in [0.3, 0.4) is 0 Å². The van der Waals surface area contributed by atoms with E-state index in [4.69, 9.17) is 4.74 Å². The van der Waals surface area contributed by atoms with E-state index in [0.29, 0.717) is 11.4 Å². The molecule has 1 heterocycles. The van der Waals surface area contributed by atoms with E-state index in [1.165, 1.54) is 11.3 Å². The lowest BCUT2D eigenvalue weighted by molar-refractivity contribution is 0.0730. The number of rotatable bonds is 3. The van der Waals surface area contributed by atoms with Crippen LogP contribution in [0.4, 0.5) is 0 Å². The SMILES string of the molecule is Cc1cc(C)cc(OC(=O)c2nc(C)sc2-c2ccccc2)c1. The lowest BCUT2D eigenvalue weighted by Crippen LogP contribution is -2.10. The average molecular weight is 323 g/mol. The molecule has 116 valence electrons. The Morgan fingerprint density at radius 1 is 1.00 bits per heavy atom. The van der Waals surface area contributed by atoms with Gasteiger partial charge in [-0.25, -0.2) is 9.78 Å². The van der Waals surface area contributed by atoms with E-state index in [1.807, 2.05) is 69.3 Å². The molecule has 4 heteroatoms. The van der Waals surface area contributed by atoms with Crippen LogP contribution in [-0.4, -0.2) is 11.0 Å². The first-order valence-corrected chi connectivity index (χ1v) is 8.18. The second-order valence-electron chi connectivity index (χ2n) is 5.49. The summed E-state index contributed by atoms with van der Waals surface area (Å²) >= 11 is 1.50. The third kappa shape index (κ3) is 3.48. The molecule has 3 aromatic rings. The van der Waals surface area contributed by atoms with E-state index in [2.05, 4.69) is 4.98 Å². The molecule has 0 bridgehead atoms. The van der Waals surface area contributed by atoms with Crippen LogP contribution in [-0.2, 0) is 0 Å². The highest BCUT2D eigenvalue weighted by atomic mass is 32.1. The number of ether oxygens (including phenoxy) is 1. The highest BCUT2D eigenvalue weighted by Crippen LogP contribution is 2.31. The molecular formula is C19H17NO2S. The zero-order valence-corrected chi connectivity index (χ0v) is 14.1. The monoisotopic (exact) mass is 323 g/mol. The number of hydrogen-bond acceptors (Lipinski definition) is 4. The summed E-state index contributed by atoms with van der Waals surface area (Å²) in [5.41, 5.74) is 3.47. The van der Waals surface area contributed by atoms with Crippen LogP contribution in [0.2, 0.25) is 0 Å². The van der Waals surface area contributed by atoms with Crippen molar-refractivity contribution in [1.29, 1.82) is 0 Å². The van der Waals surface area contributed by atoms with Crippen molar-refractivity contribution in [2.24, 2.45) is 0 Å². The van der Waals surface area contributed by atoms with Gasteiger partial charge in [-0.1, -0.05) is 36.4 Å². The van der Waals surface area contributed by atoms with Crippen molar-refractivity contribution >= 4 is 17.3 Å². The van der Waals surface area contributed by atoms with Gasteiger partial charge in [0.1, 0.15) is 5.75 Å². The smallest absolute Gasteiger partial charge is 0.363 e. The molecule has 23 heavy (non-hydrogen) atoms. The van der Waals surface area contributed by atoms with Gasteiger partial charge >= 0.3 is 5.97 Å². The third-order valence-electron chi connectivity index (χ3n) is 3.37. The van der Waals surface area contributed by atoms with Gasteiger partial charge in [-0.2, -0.15) is 0 Å². The number of esters is 1. The van der Waals surface area contributed by atoms with E-state index in [9.17, 15) is 4.79 Å². The van der Waals surface area contributed by atoms with Crippen LogP contribution >= 0.6 is 11.3 Å². The lowest BCUT2D eigenvalue weighted by Gasteiger charge is -2.06. The van der Waals surface area contributed by atoms with Gasteiger partial charge in [-0.3, -0.25) is 0 Å². The molecule has 0 spiro atoms. The van der Waals surface area contributed by atoms with Gasteiger partial charge in [-0.05, 0) is 49.6 Å². The van der Waals surface area contributed by atoms with E-state index in [1.54, 1.807) is 0 Å². The molecule has 2 aromatic carbocycles. The van der Waals surface area contributed by atoms with Crippen LogP contribution in [0.1, 0.15) is 26.6 Å². The fraction of sp³-hybridized carbons (Fsp3) is 0.158. The molecule has 0 aliphatic carbocycles. The fourth-order valence-electron chi connectivity index (χ4n) is 2.50. The largest absolute Gasteiger partial charge is 0.422 e. The predicted molar refractivity (Wildman–Crippen MR) is 93.2 cm³/mol. The zero-order valence-electron chi connectivity index (χ0n) is 13.3. The second-order valence-corrected chi connectivity index (χ2v) is 6.69. The summed E-state index contributed by atoms with van der Waals surface area (Å²) in [4.78, 5) is 17.8. The highest BCUT2D eigenvalue weighted by molar-refractivity contribution is 7.15. The number of aryl methyl sites for hydroxylation is 3. The van der Waals surface area contributed by atoms with Crippen LogP contribution in [0.5, 0.6) is 5.75 Å². The van der Waals surface area contributed by atoms with Gasteiger partial charge in [0.25, 0.3) is 0 Å². The number of hydrogen-bond donors (Lipinski definition) is 0. The van der Waals surface area contributed by atoms with Crippen molar-refractivity contribution in [2.75, 3.05) is 0 Å². The molecule has 1 aromatic heterocycles. The Morgan fingerprint density at radius 3 is 2.30 bits per heavy atom. The number of aromatic nitrogens is 1. The Kier molecular flexibility index (Phi) is 4.26. The van der Waals surface area contributed by atoms with Gasteiger partial charge in [-0.15, -0.1) is 11.3 Å². The molecule has 0 atom stereocenters. The highest BCUT2D eigenvalue weighted by Gasteiger charge is 2.20. The van der Waals surface area contributed by atoms with Gasteiger partial charge in [0, 0.05) is 0 Å². The Labute approximate surface area is 139 Å². The molecule has 0 unspecified atom stereocenters. The van der Waals surface area contributed by atoms with E-state index in [0.717, 1.165) is 26.6 Å². The van der Waals surface area contributed by atoms with Gasteiger partial charge in [0.2, 0.25) is 0 Å². The minimum atomic E-state index is -0.418. The number of carbonyl (C=O) groups excluding carboxylic acids is 1. The molecule has 0 saturated carbocycles. The maximum absolute atomic E-state index is 12.6. The van der Waals surface area contributed by atoms with Gasteiger partial charge < -0.3 is 4.74 Å². The minimum absolute atomic E-state index is 0.373. The van der Waals surface area contributed by atoms with Crippen LogP contribution < -0.4 is 4.74 Å². The maximum Gasteiger partial charge on any atom is 0.363 e. The Bertz CT molecular complexity index is 833. The van der Waals surface area contributed by atoms with Crippen LogP contribution in [0.15, 0.2) is 48.5 Å². The maximum atomic E-state index is 12.6. The first-order chi connectivity index (χ1) is 11.0. The lowest BCUT2D eigenvalue weighted by atomic mass is 10.1. The summed E-state index contributed by atoms with van der Waals surface area (Å²) in [5.74, 6) is 0.135. The number of benzene rings is 2. The number of nitrogens with zero attached hydrogens (tertiary/aromatic N) is 1. The molecule has 0 radical (unpaired) electrons. The predicted octanol–water partition coefficient (Wildman–Crippen LogP) is 4.95. The number of carbonyl (C=O) groups is 1. The Morgan fingerprint density at radius 2 is 1.65 bits per heavy atom. The van der Waals surface area contributed by atoms with Crippen LogP contribution in [0, 0.1) is 20.8 Å². The summed E-state index contributed by atoms with van der Waals surface area (Å²) in [6.45, 7) is 5.85. The van der Waals surface area contributed by atoms with E-state index < -0.39 is 5.97 Å². The second kappa shape index (κ2) is 6.34. The molecule has 3 nitrogen and oxygen atoms in total. The standard InChI is InChI=1S/C19H17NO2S/c1-12-9-13(2)11-16(10-12)22-19(21)17-18(23-14(3)20-17)15-7-5-4-6-8-15/h4-11H,1-3H3. The molecular weight excluding hydrogens is 306 g/mol. The van der Waals surface area contributed by atoms with Crippen molar-refractivity contribution in [2.45, 2.75) is 20.8 Å². The van der Waals surface area contributed by atoms with Crippen molar-refractivity contribution in [3.05, 3.63) is 70.4 Å². The topological polar surface area (TPSA) is 39.2 Å². The summed E-state index contributed by atoms with van der Waals surface area (Å²) < 4.78 is 5.54. The first-order valence-electron chi connectivity index (χ1n) is 7.36. The summed E-state index contributed by atoms with van der Waals surface area (Å²) in [6, 6.07) is 15.5. The molecule has 0 N–H and O–H groups in total. The average Bonchev–Trinajstić information content (AvgIpc) is 2.89. The summed E-state index contributed by atoms with van der Waals surface area (Å²) in [6.07, 6.45) is 0. The van der Waals surface area contributed by atoms with Crippen molar-refractivity contribution < 1.29 is 9.53 Å². The fourth-order valence-corrected chi connectivity index (χ4v) is 3.41. The van der Waals surface area contributed by atoms with E-state index >= 15 is 0 Å². The molecule has 0 aliphatic heterocycles. The molecule has 0 saturated heterocycles. The van der Waals surface area contributed by atoms with Crippen molar-refractivity contribution in [1.82, 2.24) is 4.98 Å². The minimum Gasteiger partial charge on any atom is -0.422 e. The zero-order chi connectivity index (χ0) is 16.4. The number of thiazole rings is 1. The molecule has 0 aliphatic rings. The van der Waals surface area contributed by atoms with Gasteiger partial charge in [0.05, 0.1) is 9.88 Å². The summed E-state index contributed by atoms with van der Waals surface area (Å²) in [7, 11) is 0. The molecule has 0 fully saturated rings. The van der Waals surface area contributed by atoms with Gasteiger partial charge in [0.15, 0.2) is 5.69 Å². The third-order valence-corrected chi connectivity index (χ3v) is 4.39. The Hall–Kier alpha value is -2.46. The van der Waals surface area contributed by atoms with Crippen LogP contribution in [0.25, 0.3) is 10.4 Å². The normalized spacial score (nSPS) is 10.6. The molecule has 3 rings (SSSR count).